The molecule has 0 aliphatic heterocycles. The van der Waals surface area contributed by atoms with Crippen molar-refractivity contribution in [3.63, 3.8) is 0 Å². The first-order valence-electron chi connectivity index (χ1n) is 5.90. The van der Waals surface area contributed by atoms with Gasteiger partial charge in [-0.15, -0.1) is 0 Å². The zero-order valence-electron chi connectivity index (χ0n) is 9.47. The molecule has 1 aliphatic carbocycles. The number of nitrogens with one attached hydrogen (secondary N) is 1. The highest BCUT2D eigenvalue weighted by Gasteiger charge is 2.28. The minimum atomic E-state index is -0.167. The monoisotopic (exact) mass is 285 g/mol. The van der Waals surface area contributed by atoms with Crippen LogP contribution in [0.25, 0.3) is 0 Å². The lowest BCUT2D eigenvalue weighted by molar-refractivity contribution is 0.233. The maximum atomic E-state index is 13.5. The lowest BCUT2D eigenvalue weighted by Crippen LogP contribution is -2.32. The molecular weight excluding hydrogens is 269 g/mol. The molecule has 1 saturated carbocycles. The van der Waals surface area contributed by atoms with Crippen LogP contribution in [-0.2, 0) is 0 Å². The number of benzene rings is 1. The molecule has 16 heavy (non-hydrogen) atoms. The molecule has 1 unspecified atom stereocenters. The van der Waals surface area contributed by atoms with Crippen molar-refractivity contribution in [2.75, 3.05) is 6.54 Å². The van der Waals surface area contributed by atoms with E-state index in [9.17, 15) is 4.39 Å². The van der Waals surface area contributed by atoms with Crippen molar-refractivity contribution in [2.45, 2.75) is 32.2 Å². The Morgan fingerprint density at radius 2 is 2.25 bits per heavy atom. The lowest BCUT2D eigenvalue weighted by Gasteiger charge is -2.34. The van der Waals surface area contributed by atoms with E-state index in [2.05, 4.69) is 28.2 Å². The van der Waals surface area contributed by atoms with Crippen LogP contribution in [-0.4, -0.2) is 6.54 Å². The van der Waals surface area contributed by atoms with Crippen molar-refractivity contribution in [1.82, 2.24) is 5.32 Å². The minimum absolute atomic E-state index is 0.167. The molecule has 1 nitrogen and oxygen atoms in total. The number of rotatable bonds is 4. The molecule has 0 amide bonds. The molecule has 1 atom stereocenters. The Morgan fingerprint density at radius 3 is 2.75 bits per heavy atom. The molecule has 0 bridgehead atoms. The van der Waals surface area contributed by atoms with E-state index in [0.717, 1.165) is 12.1 Å². The van der Waals surface area contributed by atoms with Gasteiger partial charge in [-0.25, -0.2) is 4.39 Å². The molecule has 1 fully saturated rings. The van der Waals surface area contributed by atoms with E-state index in [0.29, 0.717) is 16.4 Å². The van der Waals surface area contributed by atoms with Crippen LogP contribution in [0.2, 0.25) is 0 Å². The summed E-state index contributed by atoms with van der Waals surface area (Å²) >= 11 is 3.19. The molecule has 1 N–H and O–H groups in total. The standard InChI is InChI=1S/C13H17BrFN/c1-2-16-13(9-4-3-5-9)10-6-7-11(14)12(15)8-10/h6-9,13,16H,2-5H2,1H3. The Bertz CT molecular complexity index is 363. The van der Waals surface area contributed by atoms with Crippen molar-refractivity contribution >= 4 is 15.9 Å². The van der Waals surface area contributed by atoms with Crippen LogP contribution in [0.1, 0.15) is 37.8 Å². The first-order chi connectivity index (χ1) is 7.72. The third kappa shape index (κ3) is 2.46. The normalized spacial score (nSPS) is 18.2. The van der Waals surface area contributed by atoms with Gasteiger partial charge in [0.15, 0.2) is 0 Å². The Kier molecular flexibility index (Phi) is 3.98. The van der Waals surface area contributed by atoms with Gasteiger partial charge in [0.1, 0.15) is 5.82 Å². The van der Waals surface area contributed by atoms with Gasteiger partial charge >= 0.3 is 0 Å². The fourth-order valence-corrected chi connectivity index (χ4v) is 2.50. The highest BCUT2D eigenvalue weighted by atomic mass is 79.9. The summed E-state index contributed by atoms with van der Waals surface area (Å²) in [5.74, 6) is 0.514. The second-order valence-corrected chi connectivity index (χ2v) is 5.25. The Balaban J connectivity index is 2.20. The molecule has 0 aromatic heterocycles. The summed E-state index contributed by atoms with van der Waals surface area (Å²) in [5.41, 5.74) is 1.08. The van der Waals surface area contributed by atoms with Gasteiger partial charge in [-0.3, -0.25) is 0 Å². The summed E-state index contributed by atoms with van der Waals surface area (Å²) in [7, 11) is 0. The Hall–Kier alpha value is -0.410. The van der Waals surface area contributed by atoms with E-state index >= 15 is 0 Å². The third-order valence-corrected chi connectivity index (χ3v) is 3.99. The summed E-state index contributed by atoms with van der Waals surface area (Å²) in [6.07, 6.45) is 3.83. The van der Waals surface area contributed by atoms with Crippen molar-refractivity contribution in [3.05, 3.63) is 34.1 Å². The average molecular weight is 286 g/mol. The Labute approximate surface area is 105 Å². The molecule has 88 valence electrons. The van der Waals surface area contributed by atoms with Crippen molar-refractivity contribution < 1.29 is 4.39 Å². The van der Waals surface area contributed by atoms with Crippen LogP contribution < -0.4 is 5.32 Å². The summed E-state index contributed by atoms with van der Waals surface area (Å²) in [4.78, 5) is 0. The van der Waals surface area contributed by atoms with E-state index in [-0.39, 0.29) is 5.82 Å². The van der Waals surface area contributed by atoms with Gasteiger partial charge in [0.25, 0.3) is 0 Å². The predicted octanol–water partition coefficient (Wildman–Crippen LogP) is 4.04. The molecule has 0 radical (unpaired) electrons. The maximum absolute atomic E-state index is 13.5. The largest absolute Gasteiger partial charge is 0.310 e. The molecule has 2 rings (SSSR count). The van der Waals surface area contributed by atoms with E-state index in [1.807, 2.05) is 6.07 Å². The molecule has 3 heteroatoms. The maximum Gasteiger partial charge on any atom is 0.137 e. The zero-order chi connectivity index (χ0) is 11.5. The second kappa shape index (κ2) is 5.28. The fourth-order valence-electron chi connectivity index (χ4n) is 2.26. The molecule has 0 heterocycles. The first kappa shape index (κ1) is 12.1. The Morgan fingerprint density at radius 1 is 1.50 bits per heavy atom. The van der Waals surface area contributed by atoms with Gasteiger partial charge in [0.2, 0.25) is 0 Å². The zero-order valence-corrected chi connectivity index (χ0v) is 11.1. The van der Waals surface area contributed by atoms with Gasteiger partial charge in [-0.1, -0.05) is 19.4 Å². The van der Waals surface area contributed by atoms with Gasteiger partial charge in [-0.2, -0.15) is 0 Å². The van der Waals surface area contributed by atoms with Gasteiger partial charge in [0.05, 0.1) is 4.47 Å². The molecule has 1 aliphatic rings. The van der Waals surface area contributed by atoms with Crippen LogP contribution in [0.15, 0.2) is 22.7 Å². The highest BCUT2D eigenvalue weighted by molar-refractivity contribution is 9.10. The average Bonchev–Trinajstić information content (AvgIpc) is 2.19. The second-order valence-electron chi connectivity index (χ2n) is 4.40. The van der Waals surface area contributed by atoms with Gasteiger partial charge < -0.3 is 5.32 Å². The summed E-state index contributed by atoms with van der Waals surface area (Å²) in [6.45, 7) is 3.03. The van der Waals surface area contributed by atoms with Gasteiger partial charge in [0, 0.05) is 6.04 Å². The van der Waals surface area contributed by atoms with E-state index in [1.165, 1.54) is 19.3 Å². The van der Waals surface area contributed by atoms with Crippen molar-refractivity contribution in [3.8, 4) is 0 Å². The van der Waals surface area contributed by atoms with Crippen LogP contribution in [0.4, 0.5) is 4.39 Å². The number of hydrogen-bond acceptors (Lipinski definition) is 1. The predicted molar refractivity (Wildman–Crippen MR) is 67.9 cm³/mol. The van der Waals surface area contributed by atoms with Crippen LogP contribution in [0, 0.1) is 11.7 Å². The molecule has 0 spiro atoms. The number of halogens is 2. The summed E-state index contributed by atoms with van der Waals surface area (Å²) in [5, 5.41) is 3.47. The highest BCUT2D eigenvalue weighted by Crippen LogP contribution is 2.38. The summed E-state index contributed by atoms with van der Waals surface area (Å²) < 4.78 is 14.0. The summed E-state index contributed by atoms with van der Waals surface area (Å²) in [6, 6.07) is 5.78. The smallest absolute Gasteiger partial charge is 0.137 e. The first-order valence-corrected chi connectivity index (χ1v) is 6.70. The molecule has 1 aromatic rings. The fraction of sp³-hybridized carbons (Fsp3) is 0.538. The van der Waals surface area contributed by atoms with E-state index in [1.54, 1.807) is 12.1 Å². The SMILES string of the molecule is CCNC(c1ccc(Br)c(F)c1)C1CCC1. The molecule has 1 aromatic carbocycles. The van der Waals surface area contributed by atoms with Crippen LogP contribution >= 0.6 is 15.9 Å². The van der Waals surface area contributed by atoms with E-state index < -0.39 is 0 Å². The van der Waals surface area contributed by atoms with Crippen molar-refractivity contribution in [2.24, 2.45) is 5.92 Å². The third-order valence-electron chi connectivity index (χ3n) is 3.35. The lowest BCUT2D eigenvalue weighted by atomic mass is 9.77. The van der Waals surface area contributed by atoms with Gasteiger partial charge in [-0.05, 0) is 58.9 Å². The molecular formula is C13H17BrFN. The van der Waals surface area contributed by atoms with Crippen molar-refractivity contribution in [1.29, 1.82) is 0 Å². The number of hydrogen-bond donors (Lipinski definition) is 1. The topological polar surface area (TPSA) is 12.0 Å². The quantitative estimate of drug-likeness (QED) is 0.881. The minimum Gasteiger partial charge on any atom is -0.310 e. The van der Waals surface area contributed by atoms with Crippen LogP contribution in [0.3, 0.4) is 0 Å². The van der Waals surface area contributed by atoms with Crippen LogP contribution in [0.5, 0.6) is 0 Å². The molecule has 0 saturated heterocycles. The van der Waals surface area contributed by atoms with E-state index in [4.69, 9.17) is 0 Å².